The van der Waals surface area contributed by atoms with Crippen molar-refractivity contribution in [3.63, 3.8) is 0 Å². The van der Waals surface area contributed by atoms with Gasteiger partial charge in [0.05, 0.1) is 12.8 Å². The number of benzene rings is 1. The number of pyridine rings is 1. The third-order valence-electron chi connectivity index (χ3n) is 3.43. The van der Waals surface area contributed by atoms with E-state index in [4.69, 9.17) is 10.5 Å². The zero-order valence-corrected chi connectivity index (χ0v) is 13.0. The molecule has 2 rings (SSSR count). The smallest absolute Gasteiger partial charge is 0.122 e. The molecule has 0 spiro atoms. The maximum Gasteiger partial charge on any atom is 0.122 e. The van der Waals surface area contributed by atoms with Crippen molar-refractivity contribution in [1.82, 2.24) is 9.88 Å². The Morgan fingerprint density at radius 2 is 1.86 bits per heavy atom. The summed E-state index contributed by atoms with van der Waals surface area (Å²) in [5.41, 5.74) is 9.79. The summed E-state index contributed by atoms with van der Waals surface area (Å²) in [6, 6.07) is 12.0. The van der Waals surface area contributed by atoms with Gasteiger partial charge in [-0.2, -0.15) is 0 Å². The number of nitrogen functional groups attached to an aromatic ring is 1. The van der Waals surface area contributed by atoms with Crippen molar-refractivity contribution in [2.24, 2.45) is 0 Å². The molecule has 0 atom stereocenters. The SMILES string of the molecule is CCN(Cc1ccc(N)cc1)Cc1cc(OC)cc(C)n1. The first kappa shape index (κ1) is 15.3. The highest BCUT2D eigenvalue weighted by Crippen LogP contribution is 2.16. The van der Waals surface area contributed by atoms with Gasteiger partial charge in [0.2, 0.25) is 0 Å². The minimum absolute atomic E-state index is 0.798. The Balaban J connectivity index is 2.08. The molecule has 0 radical (unpaired) electrons. The summed E-state index contributed by atoms with van der Waals surface area (Å²) in [6.45, 7) is 6.79. The van der Waals surface area contributed by atoms with Crippen LogP contribution < -0.4 is 10.5 Å². The lowest BCUT2D eigenvalue weighted by Crippen LogP contribution is -2.23. The van der Waals surface area contributed by atoms with Gasteiger partial charge in [-0.15, -0.1) is 0 Å². The minimum Gasteiger partial charge on any atom is -0.497 e. The second kappa shape index (κ2) is 7.09. The highest BCUT2D eigenvalue weighted by atomic mass is 16.5. The topological polar surface area (TPSA) is 51.4 Å². The van der Waals surface area contributed by atoms with Gasteiger partial charge in [-0.05, 0) is 31.2 Å². The standard InChI is InChI=1S/C17H23N3O/c1-4-20(11-14-5-7-15(18)8-6-14)12-16-10-17(21-3)9-13(2)19-16/h5-10H,4,11-12,18H2,1-3H3. The molecule has 2 N–H and O–H groups in total. The van der Waals surface area contributed by atoms with Gasteiger partial charge in [0.15, 0.2) is 0 Å². The number of methoxy groups -OCH3 is 1. The van der Waals surface area contributed by atoms with E-state index >= 15 is 0 Å². The number of ether oxygens (including phenoxy) is 1. The van der Waals surface area contributed by atoms with E-state index in [1.54, 1.807) is 7.11 Å². The Morgan fingerprint density at radius 3 is 2.48 bits per heavy atom. The van der Waals surface area contributed by atoms with E-state index in [-0.39, 0.29) is 0 Å². The van der Waals surface area contributed by atoms with Crippen LogP contribution in [0, 0.1) is 6.92 Å². The van der Waals surface area contributed by atoms with E-state index in [1.165, 1.54) is 5.56 Å². The molecule has 112 valence electrons. The number of nitrogens with zero attached hydrogens (tertiary/aromatic N) is 2. The molecule has 4 heteroatoms. The number of hydrogen-bond donors (Lipinski definition) is 1. The molecule has 0 bridgehead atoms. The van der Waals surface area contributed by atoms with Crippen molar-refractivity contribution in [2.75, 3.05) is 19.4 Å². The second-order valence-corrected chi connectivity index (χ2v) is 5.18. The van der Waals surface area contributed by atoms with E-state index in [9.17, 15) is 0 Å². The van der Waals surface area contributed by atoms with Crippen molar-refractivity contribution in [2.45, 2.75) is 26.9 Å². The molecule has 0 saturated carbocycles. The molecular formula is C17H23N3O. The molecule has 0 fully saturated rings. The molecule has 0 unspecified atom stereocenters. The Bertz CT molecular complexity index is 581. The highest BCUT2D eigenvalue weighted by molar-refractivity contribution is 5.39. The number of aryl methyl sites for hydroxylation is 1. The summed E-state index contributed by atoms with van der Waals surface area (Å²) in [5.74, 6) is 0.862. The summed E-state index contributed by atoms with van der Waals surface area (Å²) in [5, 5.41) is 0. The number of anilines is 1. The van der Waals surface area contributed by atoms with Crippen molar-refractivity contribution >= 4 is 5.69 Å². The van der Waals surface area contributed by atoms with Crippen LogP contribution in [0.3, 0.4) is 0 Å². The summed E-state index contributed by atoms with van der Waals surface area (Å²) in [6.07, 6.45) is 0. The number of nitrogens with two attached hydrogens (primary N) is 1. The van der Waals surface area contributed by atoms with Gasteiger partial charge in [0.1, 0.15) is 5.75 Å². The van der Waals surface area contributed by atoms with Crippen LogP contribution in [0.2, 0.25) is 0 Å². The molecule has 0 saturated heterocycles. The Morgan fingerprint density at radius 1 is 1.14 bits per heavy atom. The lowest BCUT2D eigenvalue weighted by molar-refractivity contribution is 0.267. The third-order valence-corrected chi connectivity index (χ3v) is 3.43. The maximum atomic E-state index is 5.72. The minimum atomic E-state index is 0.798. The predicted molar refractivity (Wildman–Crippen MR) is 86.2 cm³/mol. The van der Waals surface area contributed by atoms with Crippen LogP contribution in [-0.2, 0) is 13.1 Å². The van der Waals surface area contributed by atoms with Crippen molar-refractivity contribution in [1.29, 1.82) is 0 Å². The average Bonchev–Trinajstić information content (AvgIpc) is 2.48. The van der Waals surface area contributed by atoms with Crippen molar-refractivity contribution < 1.29 is 4.74 Å². The average molecular weight is 285 g/mol. The number of rotatable bonds is 6. The number of hydrogen-bond acceptors (Lipinski definition) is 4. The predicted octanol–water partition coefficient (Wildman–Crippen LogP) is 3.00. The summed E-state index contributed by atoms with van der Waals surface area (Å²) >= 11 is 0. The third kappa shape index (κ3) is 4.46. The summed E-state index contributed by atoms with van der Waals surface area (Å²) in [4.78, 5) is 6.92. The van der Waals surface area contributed by atoms with Crippen LogP contribution in [0.25, 0.3) is 0 Å². The zero-order valence-electron chi connectivity index (χ0n) is 13.0. The van der Waals surface area contributed by atoms with Gasteiger partial charge < -0.3 is 10.5 Å². The Labute approximate surface area is 126 Å². The molecule has 1 aromatic heterocycles. The fraction of sp³-hybridized carbons (Fsp3) is 0.353. The van der Waals surface area contributed by atoms with Gasteiger partial charge in [-0.3, -0.25) is 9.88 Å². The normalized spacial score (nSPS) is 10.9. The molecule has 0 aliphatic heterocycles. The van der Waals surface area contributed by atoms with Gasteiger partial charge in [-0.1, -0.05) is 19.1 Å². The van der Waals surface area contributed by atoms with Crippen LogP contribution in [0.15, 0.2) is 36.4 Å². The van der Waals surface area contributed by atoms with E-state index < -0.39 is 0 Å². The van der Waals surface area contributed by atoms with Gasteiger partial charge >= 0.3 is 0 Å². The Kier molecular flexibility index (Phi) is 5.17. The van der Waals surface area contributed by atoms with Crippen LogP contribution in [0.1, 0.15) is 23.9 Å². The molecule has 0 aliphatic carbocycles. The first-order valence-corrected chi connectivity index (χ1v) is 7.19. The quantitative estimate of drug-likeness (QED) is 0.829. The van der Waals surface area contributed by atoms with Gasteiger partial charge in [-0.25, -0.2) is 0 Å². The largest absolute Gasteiger partial charge is 0.497 e. The molecule has 0 aliphatic rings. The summed E-state index contributed by atoms with van der Waals surface area (Å²) < 4.78 is 5.31. The molecule has 4 nitrogen and oxygen atoms in total. The fourth-order valence-electron chi connectivity index (χ4n) is 2.29. The monoisotopic (exact) mass is 285 g/mol. The molecular weight excluding hydrogens is 262 g/mol. The molecule has 0 amide bonds. The van der Waals surface area contributed by atoms with E-state index in [0.717, 1.165) is 42.5 Å². The highest BCUT2D eigenvalue weighted by Gasteiger charge is 2.08. The molecule has 21 heavy (non-hydrogen) atoms. The Hall–Kier alpha value is -2.07. The zero-order chi connectivity index (χ0) is 15.2. The van der Waals surface area contributed by atoms with Crippen LogP contribution >= 0.6 is 0 Å². The fourth-order valence-corrected chi connectivity index (χ4v) is 2.29. The first-order valence-electron chi connectivity index (χ1n) is 7.19. The van der Waals surface area contributed by atoms with Gasteiger partial charge in [0.25, 0.3) is 0 Å². The van der Waals surface area contributed by atoms with E-state index in [1.807, 2.05) is 31.2 Å². The van der Waals surface area contributed by atoms with Gasteiger partial charge in [0, 0.05) is 36.6 Å². The van der Waals surface area contributed by atoms with E-state index in [0.29, 0.717) is 0 Å². The lowest BCUT2D eigenvalue weighted by Gasteiger charge is -2.20. The molecule has 2 aromatic rings. The number of aromatic nitrogens is 1. The van der Waals surface area contributed by atoms with Crippen LogP contribution in [0.4, 0.5) is 5.69 Å². The molecule has 1 aromatic carbocycles. The maximum absolute atomic E-state index is 5.72. The van der Waals surface area contributed by atoms with E-state index in [2.05, 4.69) is 28.9 Å². The second-order valence-electron chi connectivity index (χ2n) is 5.18. The van der Waals surface area contributed by atoms with Crippen LogP contribution in [-0.4, -0.2) is 23.5 Å². The van der Waals surface area contributed by atoms with Crippen molar-refractivity contribution in [3.8, 4) is 5.75 Å². The first-order chi connectivity index (χ1) is 10.1. The van der Waals surface area contributed by atoms with Crippen LogP contribution in [0.5, 0.6) is 5.75 Å². The lowest BCUT2D eigenvalue weighted by atomic mass is 10.2. The summed E-state index contributed by atoms with van der Waals surface area (Å²) in [7, 11) is 1.69. The van der Waals surface area contributed by atoms with Crippen molar-refractivity contribution in [3.05, 3.63) is 53.3 Å². The molecule has 1 heterocycles.